The van der Waals surface area contributed by atoms with Crippen LogP contribution >= 0.6 is 11.6 Å². The predicted molar refractivity (Wildman–Crippen MR) is 69.1 cm³/mol. The third-order valence-corrected chi connectivity index (χ3v) is 2.91. The lowest BCUT2D eigenvalue weighted by Crippen LogP contribution is -2.09. The highest BCUT2D eigenvalue weighted by Gasteiger charge is 2.13. The van der Waals surface area contributed by atoms with Gasteiger partial charge in [-0.05, 0) is 25.1 Å². The third kappa shape index (κ3) is 2.54. The van der Waals surface area contributed by atoms with Crippen molar-refractivity contribution in [1.29, 1.82) is 0 Å². The summed E-state index contributed by atoms with van der Waals surface area (Å²) in [6, 6.07) is 4.93. The van der Waals surface area contributed by atoms with Crippen molar-refractivity contribution in [3.05, 3.63) is 47.0 Å². The van der Waals surface area contributed by atoms with Crippen molar-refractivity contribution >= 4 is 17.9 Å². The lowest BCUT2D eigenvalue weighted by atomic mass is 10.2. The summed E-state index contributed by atoms with van der Waals surface area (Å²) in [6.45, 7) is 1.90. The molecule has 0 amide bonds. The molecule has 0 spiro atoms. The molecule has 0 saturated heterocycles. The van der Waals surface area contributed by atoms with Crippen LogP contribution in [0.3, 0.4) is 0 Å². The van der Waals surface area contributed by atoms with Gasteiger partial charge in [0.2, 0.25) is 0 Å². The fraction of sp³-hybridized carbons (Fsp3) is 0.231. The van der Waals surface area contributed by atoms with Gasteiger partial charge in [-0.25, -0.2) is 4.98 Å². The van der Waals surface area contributed by atoms with Crippen LogP contribution < -0.4 is 4.74 Å². The van der Waals surface area contributed by atoms with Gasteiger partial charge in [0.1, 0.15) is 17.9 Å². The summed E-state index contributed by atoms with van der Waals surface area (Å²) in [5.41, 5.74) is 0.525. The molecule has 0 fully saturated rings. The summed E-state index contributed by atoms with van der Waals surface area (Å²) < 4.78 is 7.63. The van der Waals surface area contributed by atoms with Crippen molar-refractivity contribution in [1.82, 2.24) is 9.55 Å². The van der Waals surface area contributed by atoms with E-state index in [4.69, 9.17) is 16.3 Å². The monoisotopic (exact) mass is 264 g/mol. The molecule has 0 N–H and O–H groups in total. The number of aromatic nitrogens is 2. The van der Waals surface area contributed by atoms with Crippen LogP contribution in [-0.2, 0) is 7.05 Å². The number of carbonyl (C=O) groups excluding carboxylic acids is 1. The first kappa shape index (κ1) is 12.6. The molecule has 0 aliphatic carbocycles. The number of ether oxygens (including phenoxy) is 1. The maximum Gasteiger partial charge on any atom is 0.153 e. The molecule has 1 atom stereocenters. The average molecular weight is 265 g/mol. The third-order valence-electron chi connectivity index (χ3n) is 2.62. The van der Waals surface area contributed by atoms with Crippen LogP contribution in [0.25, 0.3) is 0 Å². The minimum Gasteiger partial charge on any atom is -0.481 e. The number of halogens is 1. The predicted octanol–water partition coefficient (Wildman–Crippen LogP) is 3.03. The molecule has 0 saturated carbocycles. The zero-order valence-corrected chi connectivity index (χ0v) is 10.9. The van der Waals surface area contributed by atoms with Gasteiger partial charge in [-0.1, -0.05) is 11.6 Å². The summed E-state index contributed by atoms with van der Waals surface area (Å²) in [5.74, 6) is 1.35. The Morgan fingerprint density at radius 2 is 2.28 bits per heavy atom. The average Bonchev–Trinajstić information content (AvgIpc) is 2.78. The van der Waals surface area contributed by atoms with Crippen LogP contribution in [0.4, 0.5) is 0 Å². The molecule has 1 aromatic heterocycles. The molecule has 0 bridgehead atoms. The zero-order valence-electron chi connectivity index (χ0n) is 10.1. The number of carbonyl (C=O) groups is 1. The summed E-state index contributed by atoms with van der Waals surface area (Å²) in [5, 5.41) is 0.417. The van der Waals surface area contributed by atoms with Crippen molar-refractivity contribution < 1.29 is 9.53 Å². The van der Waals surface area contributed by atoms with E-state index in [0.717, 1.165) is 12.1 Å². The van der Waals surface area contributed by atoms with Gasteiger partial charge in [-0.3, -0.25) is 4.79 Å². The van der Waals surface area contributed by atoms with Crippen LogP contribution in [0.5, 0.6) is 5.75 Å². The Bertz CT molecular complexity index is 566. The first-order valence-electron chi connectivity index (χ1n) is 5.50. The van der Waals surface area contributed by atoms with Crippen LogP contribution in [0.15, 0.2) is 30.6 Å². The molecular weight excluding hydrogens is 252 g/mol. The molecule has 5 heteroatoms. The molecule has 2 aromatic rings. The first-order valence-corrected chi connectivity index (χ1v) is 5.88. The molecule has 1 heterocycles. The van der Waals surface area contributed by atoms with Gasteiger partial charge in [-0.15, -0.1) is 0 Å². The van der Waals surface area contributed by atoms with Crippen LogP contribution in [0.2, 0.25) is 5.02 Å². The maximum atomic E-state index is 10.6. The van der Waals surface area contributed by atoms with E-state index in [0.29, 0.717) is 16.3 Å². The van der Waals surface area contributed by atoms with Crippen LogP contribution in [0, 0.1) is 0 Å². The summed E-state index contributed by atoms with van der Waals surface area (Å²) >= 11 is 6.04. The topological polar surface area (TPSA) is 44.1 Å². The lowest BCUT2D eigenvalue weighted by Gasteiger charge is -2.15. The Hall–Kier alpha value is -1.81. The number of rotatable bonds is 4. The molecular formula is C13H13ClN2O2. The van der Waals surface area contributed by atoms with Crippen molar-refractivity contribution in [2.24, 2.45) is 7.05 Å². The van der Waals surface area contributed by atoms with Crippen molar-refractivity contribution in [2.75, 3.05) is 0 Å². The number of hydrogen-bond donors (Lipinski definition) is 0. The van der Waals surface area contributed by atoms with Gasteiger partial charge < -0.3 is 9.30 Å². The SMILES string of the molecule is CC(Oc1ccc(C=O)cc1Cl)c1nccn1C. The van der Waals surface area contributed by atoms with E-state index in [9.17, 15) is 4.79 Å². The maximum absolute atomic E-state index is 10.6. The fourth-order valence-electron chi connectivity index (χ4n) is 1.70. The number of aldehydes is 1. The minimum atomic E-state index is -0.218. The van der Waals surface area contributed by atoms with E-state index in [-0.39, 0.29) is 6.10 Å². The van der Waals surface area contributed by atoms with E-state index < -0.39 is 0 Å². The summed E-state index contributed by atoms with van der Waals surface area (Å²) in [6.07, 6.45) is 4.10. The zero-order chi connectivity index (χ0) is 13.1. The number of nitrogens with zero attached hydrogens (tertiary/aromatic N) is 2. The largest absolute Gasteiger partial charge is 0.481 e. The van der Waals surface area contributed by atoms with E-state index in [2.05, 4.69) is 4.98 Å². The van der Waals surface area contributed by atoms with E-state index in [1.54, 1.807) is 24.4 Å². The minimum absolute atomic E-state index is 0.218. The molecule has 18 heavy (non-hydrogen) atoms. The number of aryl methyl sites for hydroxylation is 1. The molecule has 1 aromatic carbocycles. The smallest absolute Gasteiger partial charge is 0.153 e. The molecule has 94 valence electrons. The highest BCUT2D eigenvalue weighted by Crippen LogP contribution is 2.29. The summed E-state index contributed by atoms with van der Waals surface area (Å²) in [7, 11) is 1.90. The normalized spacial score (nSPS) is 12.2. The van der Waals surface area contributed by atoms with E-state index in [1.165, 1.54) is 0 Å². The first-order chi connectivity index (χ1) is 8.61. The second-order valence-electron chi connectivity index (χ2n) is 3.96. The number of benzene rings is 1. The number of imidazole rings is 1. The van der Waals surface area contributed by atoms with Gasteiger partial charge in [0.05, 0.1) is 5.02 Å². The molecule has 4 nitrogen and oxygen atoms in total. The van der Waals surface area contributed by atoms with Crippen molar-refractivity contribution in [3.8, 4) is 5.75 Å². The Labute approximate surface area is 110 Å². The summed E-state index contributed by atoms with van der Waals surface area (Å²) in [4.78, 5) is 14.8. The fourth-order valence-corrected chi connectivity index (χ4v) is 1.93. The molecule has 0 aliphatic rings. The highest BCUT2D eigenvalue weighted by molar-refractivity contribution is 6.32. The highest BCUT2D eigenvalue weighted by atomic mass is 35.5. The molecule has 0 aliphatic heterocycles. The van der Waals surface area contributed by atoms with Crippen LogP contribution in [0.1, 0.15) is 29.2 Å². The Morgan fingerprint density at radius 3 is 2.83 bits per heavy atom. The molecule has 2 rings (SSSR count). The van der Waals surface area contributed by atoms with Crippen molar-refractivity contribution in [3.63, 3.8) is 0 Å². The van der Waals surface area contributed by atoms with Crippen molar-refractivity contribution in [2.45, 2.75) is 13.0 Å². The van der Waals surface area contributed by atoms with Gasteiger partial charge in [0, 0.05) is 25.0 Å². The standard InChI is InChI=1S/C13H13ClN2O2/c1-9(13-15-5-6-16(13)2)18-12-4-3-10(8-17)7-11(12)14/h3-9H,1-2H3. The van der Waals surface area contributed by atoms with Crippen LogP contribution in [-0.4, -0.2) is 15.8 Å². The second-order valence-corrected chi connectivity index (χ2v) is 4.37. The number of hydrogen-bond acceptors (Lipinski definition) is 3. The van der Waals surface area contributed by atoms with Gasteiger partial charge in [0.15, 0.2) is 6.10 Å². The Morgan fingerprint density at radius 1 is 1.50 bits per heavy atom. The van der Waals surface area contributed by atoms with E-state index in [1.807, 2.05) is 24.7 Å². The van der Waals surface area contributed by atoms with Gasteiger partial charge in [-0.2, -0.15) is 0 Å². The Kier molecular flexibility index (Phi) is 3.67. The second kappa shape index (κ2) is 5.23. The quantitative estimate of drug-likeness (QED) is 0.798. The molecule has 1 unspecified atom stereocenters. The van der Waals surface area contributed by atoms with Gasteiger partial charge >= 0.3 is 0 Å². The van der Waals surface area contributed by atoms with Gasteiger partial charge in [0.25, 0.3) is 0 Å². The van der Waals surface area contributed by atoms with E-state index >= 15 is 0 Å². The molecule has 0 radical (unpaired) electrons. The Balaban J connectivity index is 2.19. The lowest BCUT2D eigenvalue weighted by molar-refractivity contribution is 0.112.